The van der Waals surface area contributed by atoms with Crippen LogP contribution in [0.2, 0.25) is 0 Å². The molecular formula is C24H41N3O3. The Kier molecular flexibility index (Phi) is 13.8. The number of carbonyl (C=O) groups is 2. The fourth-order valence-corrected chi connectivity index (χ4v) is 3.56. The third kappa shape index (κ3) is 14.1. The summed E-state index contributed by atoms with van der Waals surface area (Å²) in [4.78, 5) is 27.3. The van der Waals surface area contributed by atoms with Crippen molar-refractivity contribution in [2.75, 3.05) is 40.8 Å². The highest BCUT2D eigenvalue weighted by Crippen LogP contribution is 2.09. The Bertz CT molecular complexity index is 593. The number of carbonyl (C=O) groups excluding carboxylic acids is 1. The van der Waals surface area contributed by atoms with E-state index in [0.717, 1.165) is 38.8 Å². The molecule has 170 valence electrons. The van der Waals surface area contributed by atoms with Gasteiger partial charge in [-0.1, -0.05) is 56.0 Å². The van der Waals surface area contributed by atoms with Crippen molar-refractivity contribution >= 4 is 11.9 Å². The van der Waals surface area contributed by atoms with Crippen LogP contribution in [0.4, 0.5) is 0 Å². The number of likely N-dealkylation sites (N-methyl/N-ethyl adjacent to an activating group) is 2. The summed E-state index contributed by atoms with van der Waals surface area (Å²) in [5.74, 6) is -0.920. The summed E-state index contributed by atoms with van der Waals surface area (Å²) in [5.41, 5.74) is 1.39. The van der Waals surface area contributed by atoms with Crippen LogP contribution in [0.3, 0.4) is 0 Å². The molecule has 0 bridgehead atoms. The fraction of sp³-hybridized carbons (Fsp3) is 0.667. The van der Waals surface area contributed by atoms with Gasteiger partial charge >= 0.3 is 5.97 Å². The molecule has 0 aliphatic heterocycles. The Morgan fingerprint density at radius 1 is 0.933 bits per heavy atom. The van der Waals surface area contributed by atoms with Gasteiger partial charge in [-0.05, 0) is 52.5 Å². The summed E-state index contributed by atoms with van der Waals surface area (Å²) in [5, 5.41) is 11.8. The maximum Gasteiger partial charge on any atom is 0.305 e. The van der Waals surface area contributed by atoms with Gasteiger partial charge in [0.05, 0.1) is 12.5 Å². The van der Waals surface area contributed by atoms with Gasteiger partial charge in [0.25, 0.3) is 0 Å². The topological polar surface area (TPSA) is 72.9 Å². The van der Waals surface area contributed by atoms with Gasteiger partial charge in [-0.2, -0.15) is 0 Å². The van der Waals surface area contributed by atoms with Crippen molar-refractivity contribution in [3.05, 3.63) is 35.9 Å². The molecule has 1 aromatic rings. The van der Waals surface area contributed by atoms with Crippen LogP contribution in [0.25, 0.3) is 0 Å². The number of hydrogen-bond donors (Lipinski definition) is 2. The van der Waals surface area contributed by atoms with E-state index in [-0.39, 0.29) is 18.4 Å². The molecule has 0 saturated carbocycles. The number of unbranched alkanes of at least 4 members (excludes halogenated alkanes) is 5. The zero-order valence-corrected chi connectivity index (χ0v) is 19.1. The van der Waals surface area contributed by atoms with E-state index >= 15 is 0 Å². The van der Waals surface area contributed by atoms with Crippen molar-refractivity contribution in [1.82, 2.24) is 15.1 Å². The molecule has 0 aliphatic rings. The quantitative estimate of drug-likeness (QED) is 0.379. The van der Waals surface area contributed by atoms with E-state index in [1.54, 1.807) is 0 Å². The maximum atomic E-state index is 12.1. The third-order valence-electron chi connectivity index (χ3n) is 5.19. The molecule has 1 aromatic carbocycles. The predicted molar refractivity (Wildman–Crippen MR) is 123 cm³/mol. The Balaban J connectivity index is 2.01. The molecule has 0 spiro atoms. The van der Waals surface area contributed by atoms with Crippen molar-refractivity contribution in [3.63, 3.8) is 0 Å². The smallest absolute Gasteiger partial charge is 0.305 e. The maximum absolute atomic E-state index is 12.1. The molecule has 0 saturated heterocycles. The molecule has 0 heterocycles. The molecule has 30 heavy (non-hydrogen) atoms. The molecule has 6 heteroatoms. The van der Waals surface area contributed by atoms with E-state index in [1.165, 1.54) is 24.8 Å². The fourth-order valence-electron chi connectivity index (χ4n) is 3.56. The highest BCUT2D eigenvalue weighted by atomic mass is 16.4. The highest BCUT2D eigenvalue weighted by molar-refractivity contribution is 5.77. The minimum Gasteiger partial charge on any atom is -0.481 e. The zero-order valence-electron chi connectivity index (χ0n) is 19.1. The standard InChI is InChI=1S/C24H41N3O3/c1-26(2)20-22(19-24(29)30)25-23(28)15-11-6-4-5-7-12-17-27(3)18-16-21-13-9-8-10-14-21/h8-10,13-14,22H,4-7,11-12,15-20H2,1-3H3,(H,25,28)(H,29,30)/t22-/m1/s1. The second-order valence-electron chi connectivity index (χ2n) is 8.53. The second kappa shape index (κ2) is 15.9. The molecule has 0 unspecified atom stereocenters. The van der Waals surface area contributed by atoms with E-state index in [4.69, 9.17) is 5.11 Å². The summed E-state index contributed by atoms with van der Waals surface area (Å²) < 4.78 is 0. The van der Waals surface area contributed by atoms with Crippen LogP contribution in [0.1, 0.15) is 56.9 Å². The number of nitrogens with zero attached hydrogens (tertiary/aromatic N) is 2. The Labute approximate surface area is 182 Å². The van der Waals surface area contributed by atoms with E-state index in [2.05, 4.69) is 47.6 Å². The SMILES string of the molecule is CN(C)C[C@@H](CC(=O)O)NC(=O)CCCCCCCCN(C)CCc1ccccc1. The monoisotopic (exact) mass is 419 g/mol. The lowest BCUT2D eigenvalue weighted by Gasteiger charge is -2.20. The minimum absolute atomic E-state index is 0.0380. The van der Waals surface area contributed by atoms with Gasteiger partial charge in [0.15, 0.2) is 0 Å². The lowest BCUT2D eigenvalue weighted by Crippen LogP contribution is -2.42. The van der Waals surface area contributed by atoms with Gasteiger partial charge in [0, 0.05) is 19.5 Å². The van der Waals surface area contributed by atoms with Crippen LogP contribution in [0.15, 0.2) is 30.3 Å². The number of carboxylic acid groups (broad SMARTS) is 1. The minimum atomic E-state index is -0.882. The molecule has 0 fully saturated rings. The molecule has 2 N–H and O–H groups in total. The summed E-state index contributed by atoms with van der Waals surface area (Å²) in [6, 6.07) is 10.3. The second-order valence-corrected chi connectivity index (χ2v) is 8.53. The first-order valence-corrected chi connectivity index (χ1v) is 11.2. The number of nitrogens with one attached hydrogen (secondary N) is 1. The highest BCUT2D eigenvalue weighted by Gasteiger charge is 2.16. The lowest BCUT2D eigenvalue weighted by atomic mass is 10.1. The number of carboxylic acids is 1. The third-order valence-corrected chi connectivity index (χ3v) is 5.19. The van der Waals surface area contributed by atoms with Gasteiger partial charge in [0.1, 0.15) is 0 Å². The first-order chi connectivity index (χ1) is 14.4. The average molecular weight is 420 g/mol. The van der Waals surface area contributed by atoms with Gasteiger partial charge in [-0.15, -0.1) is 0 Å². The van der Waals surface area contributed by atoms with Crippen LogP contribution in [-0.4, -0.2) is 73.6 Å². The molecule has 0 aliphatic carbocycles. The van der Waals surface area contributed by atoms with E-state index in [0.29, 0.717) is 13.0 Å². The lowest BCUT2D eigenvalue weighted by molar-refractivity contribution is -0.137. The van der Waals surface area contributed by atoms with Crippen molar-refractivity contribution < 1.29 is 14.7 Å². The van der Waals surface area contributed by atoms with Crippen LogP contribution in [0, 0.1) is 0 Å². The normalized spacial score (nSPS) is 12.3. The number of rotatable bonds is 17. The Morgan fingerprint density at radius 3 is 2.20 bits per heavy atom. The zero-order chi connectivity index (χ0) is 22.2. The molecular weight excluding hydrogens is 378 g/mol. The van der Waals surface area contributed by atoms with Gasteiger partial charge < -0.3 is 20.2 Å². The van der Waals surface area contributed by atoms with Crippen LogP contribution in [0.5, 0.6) is 0 Å². The summed E-state index contributed by atoms with van der Waals surface area (Å²) in [7, 11) is 5.94. The van der Waals surface area contributed by atoms with Crippen LogP contribution >= 0.6 is 0 Å². The summed E-state index contributed by atoms with van der Waals surface area (Å²) >= 11 is 0. The van der Waals surface area contributed by atoms with Crippen LogP contribution < -0.4 is 5.32 Å². The molecule has 1 rings (SSSR count). The van der Waals surface area contributed by atoms with Crippen molar-refractivity contribution in [3.8, 4) is 0 Å². The number of benzene rings is 1. The Morgan fingerprint density at radius 2 is 1.57 bits per heavy atom. The first-order valence-electron chi connectivity index (χ1n) is 11.2. The number of amides is 1. The molecule has 1 atom stereocenters. The average Bonchev–Trinajstić information content (AvgIpc) is 2.68. The van der Waals surface area contributed by atoms with E-state index in [9.17, 15) is 9.59 Å². The molecule has 6 nitrogen and oxygen atoms in total. The molecule has 0 aromatic heterocycles. The van der Waals surface area contributed by atoms with Crippen molar-refractivity contribution in [2.24, 2.45) is 0 Å². The van der Waals surface area contributed by atoms with Crippen molar-refractivity contribution in [2.45, 2.75) is 63.8 Å². The first kappa shape index (κ1) is 26.1. The van der Waals surface area contributed by atoms with Gasteiger partial charge in [0.2, 0.25) is 5.91 Å². The predicted octanol–water partition coefficient (Wildman–Crippen LogP) is 3.41. The Hall–Kier alpha value is -1.92. The number of aliphatic carboxylic acids is 1. The van der Waals surface area contributed by atoms with Crippen LogP contribution in [-0.2, 0) is 16.0 Å². The van der Waals surface area contributed by atoms with Gasteiger partial charge in [-0.3, -0.25) is 9.59 Å². The van der Waals surface area contributed by atoms with Gasteiger partial charge in [-0.25, -0.2) is 0 Å². The van der Waals surface area contributed by atoms with Crippen molar-refractivity contribution in [1.29, 1.82) is 0 Å². The number of hydrogen-bond acceptors (Lipinski definition) is 4. The largest absolute Gasteiger partial charge is 0.481 e. The molecule has 0 radical (unpaired) electrons. The summed E-state index contributed by atoms with van der Waals surface area (Å²) in [6.45, 7) is 2.76. The summed E-state index contributed by atoms with van der Waals surface area (Å²) in [6.07, 6.45) is 8.25. The molecule has 1 amide bonds. The van der Waals surface area contributed by atoms with E-state index in [1.807, 2.05) is 19.0 Å². The van der Waals surface area contributed by atoms with E-state index < -0.39 is 5.97 Å².